The van der Waals surface area contributed by atoms with Crippen molar-refractivity contribution in [1.29, 1.82) is 0 Å². The Morgan fingerprint density at radius 1 is 1.00 bits per heavy atom. The van der Waals surface area contributed by atoms with Crippen LogP contribution in [0.15, 0.2) is 54.6 Å². The fourth-order valence-electron chi connectivity index (χ4n) is 4.06. The number of ether oxygens (including phenoxy) is 1. The van der Waals surface area contributed by atoms with Gasteiger partial charge in [0.2, 0.25) is 0 Å². The number of aromatic amines is 1. The molecular weight excluding hydrogens is 442 g/mol. The van der Waals surface area contributed by atoms with Gasteiger partial charge >= 0.3 is 6.16 Å². The lowest BCUT2D eigenvalue weighted by atomic mass is 10.0. The summed E-state index contributed by atoms with van der Waals surface area (Å²) in [6, 6.07) is 13.3. The van der Waals surface area contributed by atoms with E-state index in [0.29, 0.717) is 35.2 Å². The Hall–Kier alpha value is -4.20. The van der Waals surface area contributed by atoms with Crippen LogP contribution in [0, 0.1) is 25.5 Å². The number of fused-ring (bicyclic) bond motifs is 1. The largest absolute Gasteiger partial charge is 0.511 e. The Morgan fingerprint density at radius 3 is 2.44 bits per heavy atom. The number of aryl methyl sites for hydroxylation is 2. The molecule has 1 aromatic heterocycles. The highest BCUT2D eigenvalue weighted by Crippen LogP contribution is 2.28. The molecule has 0 saturated heterocycles. The molecule has 1 amide bonds. The zero-order valence-electron chi connectivity index (χ0n) is 18.5. The molecule has 8 heteroatoms. The minimum absolute atomic E-state index is 0.132. The summed E-state index contributed by atoms with van der Waals surface area (Å²) in [6.45, 7) is 4.17. The number of halogens is 2. The first kappa shape index (κ1) is 23.0. The molecule has 1 heterocycles. The van der Waals surface area contributed by atoms with E-state index in [0.717, 1.165) is 28.3 Å². The van der Waals surface area contributed by atoms with E-state index in [1.54, 1.807) is 30.3 Å². The molecule has 4 rings (SSSR count). The Morgan fingerprint density at radius 2 is 1.74 bits per heavy atom. The molecule has 0 unspecified atom stereocenters. The van der Waals surface area contributed by atoms with Crippen LogP contribution in [-0.4, -0.2) is 28.7 Å². The molecular formula is C26H22F2N2O4. The van der Waals surface area contributed by atoms with Gasteiger partial charge in [-0.2, -0.15) is 0 Å². The van der Waals surface area contributed by atoms with Gasteiger partial charge in [0.1, 0.15) is 17.4 Å². The van der Waals surface area contributed by atoms with Gasteiger partial charge < -0.3 is 20.1 Å². The maximum Gasteiger partial charge on any atom is 0.511 e. The summed E-state index contributed by atoms with van der Waals surface area (Å²) in [5, 5.41) is 12.4. The number of benzene rings is 3. The van der Waals surface area contributed by atoms with Gasteiger partial charge in [-0.05, 0) is 72.9 Å². The second kappa shape index (κ2) is 9.35. The lowest BCUT2D eigenvalue weighted by Crippen LogP contribution is -2.25. The lowest BCUT2D eigenvalue weighted by molar-refractivity contribution is 0.0954. The fourth-order valence-corrected chi connectivity index (χ4v) is 4.06. The van der Waals surface area contributed by atoms with Crippen LogP contribution in [0.1, 0.15) is 27.2 Å². The molecule has 0 aliphatic rings. The van der Waals surface area contributed by atoms with E-state index in [9.17, 15) is 18.4 Å². The number of hydrogen-bond acceptors (Lipinski definition) is 3. The molecule has 0 bridgehead atoms. The zero-order valence-corrected chi connectivity index (χ0v) is 18.5. The number of rotatable bonds is 6. The number of hydrogen-bond donors (Lipinski definition) is 3. The van der Waals surface area contributed by atoms with Crippen molar-refractivity contribution in [1.82, 2.24) is 10.3 Å². The topological polar surface area (TPSA) is 91.4 Å². The smallest absolute Gasteiger partial charge is 0.449 e. The van der Waals surface area contributed by atoms with Gasteiger partial charge in [0.05, 0.1) is 5.52 Å². The third-order valence-electron chi connectivity index (χ3n) is 5.65. The molecule has 0 aliphatic carbocycles. The molecule has 34 heavy (non-hydrogen) atoms. The van der Waals surface area contributed by atoms with E-state index >= 15 is 0 Å². The molecule has 3 N–H and O–H groups in total. The predicted molar refractivity (Wildman–Crippen MR) is 124 cm³/mol. The van der Waals surface area contributed by atoms with Crippen molar-refractivity contribution in [3.05, 3.63) is 88.6 Å². The summed E-state index contributed by atoms with van der Waals surface area (Å²) in [4.78, 5) is 26.4. The Balaban J connectivity index is 1.44. The van der Waals surface area contributed by atoms with Crippen molar-refractivity contribution in [3.63, 3.8) is 0 Å². The van der Waals surface area contributed by atoms with Crippen molar-refractivity contribution in [2.45, 2.75) is 20.3 Å². The van der Waals surface area contributed by atoms with E-state index in [4.69, 9.17) is 5.11 Å². The summed E-state index contributed by atoms with van der Waals surface area (Å²) in [5.41, 5.74) is 4.70. The van der Waals surface area contributed by atoms with Crippen LogP contribution >= 0.6 is 0 Å². The molecule has 6 nitrogen and oxygen atoms in total. The highest BCUT2D eigenvalue weighted by Gasteiger charge is 2.15. The second-order valence-electron chi connectivity index (χ2n) is 7.97. The third kappa shape index (κ3) is 4.76. The Bertz CT molecular complexity index is 1390. The molecule has 0 saturated carbocycles. The van der Waals surface area contributed by atoms with Crippen LogP contribution in [-0.2, 0) is 6.42 Å². The summed E-state index contributed by atoms with van der Waals surface area (Å²) in [5.74, 6) is -1.36. The maximum absolute atomic E-state index is 14.1. The molecule has 174 valence electrons. The van der Waals surface area contributed by atoms with Gasteiger partial charge in [0, 0.05) is 29.3 Å². The van der Waals surface area contributed by atoms with Gasteiger partial charge in [-0.25, -0.2) is 13.6 Å². The number of H-pyrrole nitrogens is 1. The van der Waals surface area contributed by atoms with Crippen LogP contribution in [0.3, 0.4) is 0 Å². The SMILES string of the molecule is Cc1[nH]c2c(F)ccc(C)c2c1CCNC(=O)c1ccc(-c2cc(F)cc(OC(=O)O)c2)cc1. The molecule has 0 aliphatic heterocycles. The van der Waals surface area contributed by atoms with Crippen LogP contribution in [0.25, 0.3) is 22.0 Å². The van der Waals surface area contributed by atoms with Gasteiger partial charge in [-0.1, -0.05) is 18.2 Å². The number of amides is 1. The third-order valence-corrected chi connectivity index (χ3v) is 5.65. The van der Waals surface area contributed by atoms with E-state index in [2.05, 4.69) is 15.0 Å². The van der Waals surface area contributed by atoms with E-state index in [-0.39, 0.29) is 17.5 Å². The summed E-state index contributed by atoms with van der Waals surface area (Å²) in [7, 11) is 0. The maximum atomic E-state index is 14.1. The van der Waals surface area contributed by atoms with Gasteiger partial charge in [-0.3, -0.25) is 4.79 Å². The molecule has 0 fully saturated rings. The minimum atomic E-state index is -1.54. The van der Waals surface area contributed by atoms with Crippen molar-refractivity contribution in [2.75, 3.05) is 6.54 Å². The molecule has 0 radical (unpaired) electrons. The Labute approximate surface area is 194 Å². The number of nitrogens with one attached hydrogen (secondary N) is 2. The minimum Gasteiger partial charge on any atom is -0.449 e. The van der Waals surface area contributed by atoms with Crippen LogP contribution in [0.5, 0.6) is 5.75 Å². The average molecular weight is 464 g/mol. The first-order chi connectivity index (χ1) is 16.2. The van der Waals surface area contributed by atoms with Crippen LogP contribution in [0.4, 0.5) is 13.6 Å². The zero-order chi connectivity index (χ0) is 24.4. The van der Waals surface area contributed by atoms with Crippen LogP contribution < -0.4 is 10.1 Å². The van der Waals surface area contributed by atoms with Crippen LogP contribution in [0.2, 0.25) is 0 Å². The number of carbonyl (C=O) groups is 2. The van der Waals surface area contributed by atoms with Gasteiger partial charge in [-0.15, -0.1) is 0 Å². The lowest BCUT2D eigenvalue weighted by Gasteiger charge is -2.09. The number of carbonyl (C=O) groups excluding carboxylic acids is 1. The quantitative estimate of drug-likeness (QED) is 0.250. The highest BCUT2D eigenvalue weighted by molar-refractivity contribution is 5.95. The van der Waals surface area contributed by atoms with E-state index < -0.39 is 12.0 Å². The average Bonchev–Trinajstić information content (AvgIpc) is 3.13. The summed E-state index contributed by atoms with van der Waals surface area (Å²) >= 11 is 0. The second-order valence-corrected chi connectivity index (χ2v) is 7.97. The van der Waals surface area contributed by atoms with Crippen molar-refractivity contribution in [3.8, 4) is 16.9 Å². The van der Waals surface area contributed by atoms with E-state index in [1.807, 2.05) is 13.8 Å². The number of carboxylic acid groups (broad SMARTS) is 1. The predicted octanol–water partition coefficient (Wildman–Crippen LogP) is 5.76. The standard InChI is InChI=1S/C26H22F2N2O4/c1-14-3-8-22(28)24-23(14)21(15(2)30-24)9-10-29-25(31)17-6-4-16(5-7-17)18-11-19(27)13-20(12-18)34-26(32)33/h3-8,11-13,30H,9-10H2,1-2H3,(H,29,31)(H,32,33). The van der Waals surface area contributed by atoms with Crippen molar-refractivity contribution >= 4 is 23.0 Å². The molecule has 4 aromatic rings. The summed E-state index contributed by atoms with van der Waals surface area (Å²) < 4.78 is 32.5. The number of aromatic nitrogens is 1. The van der Waals surface area contributed by atoms with E-state index in [1.165, 1.54) is 18.2 Å². The highest BCUT2D eigenvalue weighted by atomic mass is 19.1. The summed E-state index contributed by atoms with van der Waals surface area (Å²) in [6.07, 6.45) is -0.998. The normalized spacial score (nSPS) is 10.9. The fraction of sp³-hybridized carbons (Fsp3) is 0.154. The molecule has 0 atom stereocenters. The molecule has 3 aromatic carbocycles. The Kier molecular flexibility index (Phi) is 6.32. The monoisotopic (exact) mass is 464 g/mol. The van der Waals surface area contributed by atoms with Crippen molar-refractivity contribution < 1.29 is 28.2 Å². The first-order valence-corrected chi connectivity index (χ1v) is 10.6. The van der Waals surface area contributed by atoms with Gasteiger partial charge in [0.25, 0.3) is 5.91 Å². The first-order valence-electron chi connectivity index (χ1n) is 10.6. The van der Waals surface area contributed by atoms with Gasteiger partial charge in [0.15, 0.2) is 0 Å². The van der Waals surface area contributed by atoms with Crippen molar-refractivity contribution in [2.24, 2.45) is 0 Å². The molecule has 0 spiro atoms.